The summed E-state index contributed by atoms with van der Waals surface area (Å²) in [5.41, 5.74) is 0. The first-order chi connectivity index (χ1) is 20.5. The van der Waals surface area contributed by atoms with Gasteiger partial charge in [0, 0.05) is 18.7 Å². The van der Waals surface area contributed by atoms with Crippen molar-refractivity contribution in [2.75, 3.05) is 12.3 Å². The predicted molar refractivity (Wildman–Crippen MR) is 157 cm³/mol. The second-order valence-electron chi connectivity index (χ2n) is 11.0. The van der Waals surface area contributed by atoms with Crippen LogP contribution in [0.25, 0.3) is 0 Å². The van der Waals surface area contributed by atoms with Gasteiger partial charge in [-0.2, -0.15) is 12.6 Å². The van der Waals surface area contributed by atoms with Crippen molar-refractivity contribution in [3.8, 4) is 0 Å². The van der Waals surface area contributed by atoms with Crippen LogP contribution in [0.5, 0.6) is 0 Å². The molecule has 1 aliphatic rings. The summed E-state index contributed by atoms with van der Waals surface area (Å²) in [6, 6.07) is -6.21. The average Bonchev–Trinajstić information content (AvgIpc) is 3.44. The highest BCUT2D eigenvalue weighted by Gasteiger charge is 2.41. The van der Waals surface area contributed by atoms with Crippen LogP contribution in [0.2, 0.25) is 0 Å². The van der Waals surface area contributed by atoms with Crippen LogP contribution in [-0.2, 0) is 38.4 Å². The van der Waals surface area contributed by atoms with E-state index in [4.69, 9.17) is 5.11 Å². The molecule has 0 saturated carbocycles. The molecule has 1 fully saturated rings. The fourth-order valence-electron chi connectivity index (χ4n) is 4.52. The summed E-state index contributed by atoms with van der Waals surface area (Å²) in [4.78, 5) is 100.0. The predicted octanol–water partition coefficient (Wildman–Crippen LogP) is -1.03. The van der Waals surface area contributed by atoms with E-state index in [1.807, 2.05) is 0 Å². The van der Waals surface area contributed by atoms with Gasteiger partial charge in [0.2, 0.25) is 29.5 Å². The maximum absolute atomic E-state index is 13.6. The van der Waals surface area contributed by atoms with E-state index in [-0.39, 0.29) is 18.7 Å². The molecule has 1 heterocycles. The first-order valence-corrected chi connectivity index (χ1v) is 14.9. The van der Waals surface area contributed by atoms with E-state index in [1.54, 1.807) is 27.7 Å². The van der Waals surface area contributed by atoms with Gasteiger partial charge < -0.3 is 41.5 Å². The van der Waals surface area contributed by atoms with Crippen molar-refractivity contribution in [1.29, 1.82) is 0 Å². The van der Waals surface area contributed by atoms with Crippen LogP contribution in [0, 0.1) is 11.8 Å². The van der Waals surface area contributed by atoms with Gasteiger partial charge in [0.1, 0.15) is 30.2 Å². The Hall–Kier alpha value is -3.89. The second kappa shape index (κ2) is 18.0. The molecular formula is C27H43N5O11S. The van der Waals surface area contributed by atoms with Crippen molar-refractivity contribution >= 4 is 60.1 Å². The first kappa shape index (κ1) is 38.1. The Balaban J connectivity index is 3.14. The molecule has 1 saturated heterocycles. The summed E-state index contributed by atoms with van der Waals surface area (Å²) in [5, 5.41) is 36.9. The van der Waals surface area contributed by atoms with Crippen molar-refractivity contribution in [3.63, 3.8) is 0 Å². The van der Waals surface area contributed by atoms with Crippen molar-refractivity contribution in [2.24, 2.45) is 11.8 Å². The Morgan fingerprint density at radius 2 is 1.43 bits per heavy atom. The number of rotatable bonds is 18. The highest BCUT2D eigenvalue weighted by atomic mass is 32.1. The van der Waals surface area contributed by atoms with E-state index < -0.39 is 109 Å². The highest BCUT2D eigenvalue weighted by molar-refractivity contribution is 7.80. The maximum atomic E-state index is 13.6. The summed E-state index contributed by atoms with van der Waals surface area (Å²) >= 11 is 3.94. The molecule has 17 heteroatoms. The summed E-state index contributed by atoms with van der Waals surface area (Å²) in [7, 11) is 0. The van der Waals surface area contributed by atoms with E-state index in [9.17, 15) is 48.6 Å². The summed E-state index contributed by atoms with van der Waals surface area (Å²) < 4.78 is 0. The number of hydrogen-bond acceptors (Lipinski definition) is 9. The monoisotopic (exact) mass is 645 g/mol. The molecule has 0 spiro atoms. The van der Waals surface area contributed by atoms with Crippen molar-refractivity contribution in [2.45, 2.75) is 96.4 Å². The Labute approximate surface area is 260 Å². The molecule has 0 unspecified atom stereocenters. The average molecular weight is 646 g/mol. The number of carbonyl (C=O) groups excluding carboxylic acids is 5. The van der Waals surface area contributed by atoms with Gasteiger partial charge >= 0.3 is 17.9 Å². The van der Waals surface area contributed by atoms with Crippen molar-refractivity contribution < 1.29 is 53.7 Å². The Morgan fingerprint density at radius 3 is 1.93 bits per heavy atom. The molecule has 0 aliphatic carbocycles. The van der Waals surface area contributed by atoms with Gasteiger partial charge in [0.05, 0.1) is 12.8 Å². The van der Waals surface area contributed by atoms with Gasteiger partial charge in [-0.1, -0.05) is 34.1 Å². The minimum Gasteiger partial charge on any atom is -0.481 e. The van der Waals surface area contributed by atoms with Gasteiger partial charge in [0.15, 0.2) is 0 Å². The van der Waals surface area contributed by atoms with Gasteiger partial charge in [0.25, 0.3) is 0 Å². The van der Waals surface area contributed by atoms with Crippen LogP contribution < -0.4 is 21.3 Å². The third-order valence-corrected chi connectivity index (χ3v) is 7.62. The Bertz CT molecular complexity index is 1100. The molecule has 0 bridgehead atoms. The topological polar surface area (TPSA) is 249 Å². The molecular weight excluding hydrogens is 602 g/mol. The molecule has 6 atom stereocenters. The molecule has 248 valence electrons. The van der Waals surface area contributed by atoms with Crippen LogP contribution >= 0.6 is 12.6 Å². The summed E-state index contributed by atoms with van der Waals surface area (Å²) in [6.07, 6.45) is -0.726. The standard InChI is InChI=1S/C27H43N5O11S/c1-5-14(4)22(31-23(38)15(11-20(36)37)28-18(33)8-9-19(34)35)25(40)30-21(13(2)3)26(41)32-10-6-7-17(32)24(39)29-16(12-44)27(42)43/h13-17,21-22,44H,5-12H2,1-4H3,(H,28,33)(H,29,39)(H,30,40)(H,31,38)(H,34,35)(H,36,37)(H,42,43)/t14-,15+,16-,17-,21-,22-/m0/s1. The van der Waals surface area contributed by atoms with Crippen molar-refractivity contribution in [1.82, 2.24) is 26.2 Å². The largest absolute Gasteiger partial charge is 0.481 e. The Kier molecular flexibility index (Phi) is 15.6. The normalized spacial score (nSPS) is 17.9. The maximum Gasteiger partial charge on any atom is 0.327 e. The molecule has 5 amide bonds. The third kappa shape index (κ3) is 11.7. The smallest absolute Gasteiger partial charge is 0.327 e. The second-order valence-corrected chi connectivity index (χ2v) is 11.4. The summed E-state index contributed by atoms with van der Waals surface area (Å²) in [5.74, 6) is -8.94. The van der Waals surface area contributed by atoms with Crippen LogP contribution in [-0.4, -0.2) is 110 Å². The number of amides is 5. The minimum absolute atomic E-state index is 0.158. The van der Waals surface area contributed by atoms with Gasteiger partial charge in [-0.05, 0) is 24.7 Å². The van der Waals surface area contributed by atoms with E-state index in [0.717, 1.165) is 0 Å². The van der Waals surface area contributed by atoms with E-state index >= 15 is 0 Å². The van der Waals surface area contributed by atoms with E-state index in [2.05, 4.69) is 33.9 Å². The van der Waals surface area contributed by atoms with Crippen LogP contribution in [0.4, 0.5) is 0 Å². The molecule has 44 heavy (non-hydrogen) atoms. The molecule has 0 radical (unpaired) electrons. The first-order valence-electron chi connectivity index (χ1n) is 14.3. The third-order valence-electron chi connectivity index (χ3n) is 7.26. The molecule has 1 aliphatic heterocycles. The molecule has 0 aromatic heterocycles. The van der Waals surface area contributed by atoms with Gasteiger partial charge in [-0.25, -0.2) is 4.79 Å². The lowest BCUT2D eigenvalue weighted by Crippen LogP contribution is -2.61. The van der Waals surface area contributed by atoms with Gasteiger partial charge in [-0.3, -0.25) is 33.6 Å². The molecule has 7 N–H and O–H groups in total. The van der Waals surface area contributed by atoms with Crippen LogP contribution in [0.15, 0.2) is 0 Å². The molecule has 1 rings (SSSR count). The number of aliphatic carboxylic acids is 3. The number of carboxylic acids is 3. The SMILES string of the molecule is CC[C@H](C)[C@H](NC(=O)[C@@H](CC(=O)O)NC(=O)CCC(=O)O)C(=O)N[C@H](C(=O)N1CCC[C@H]1C(=O)N[C@@H](CS)C(=O)O)C(C)C. The zero-order chi connectivity index (χ0) is 33.7. The number of nitrogens with one attached hydrogen (secondary N) is 4. The Morgan fingerprint density at radius 1 is 0.818 bits per heavy atom. The zero-order valence-electron chi connectivity index (χ0n) is 25.2. The highest BCUT2D eigenvalue weighted by Crippen LogP contribution is 2.21. The van der Waals surface area contributed by atoms with Crippen LogP contribution in [0.3, 0.4) is 0 Å². The lowest BCUT2D eigenvalue weighted by atomic mass is 9.95. The molecule has 0 aromatic rings. The number of hydrogen-bond donors (Lipinski definition) is 8. The number of carbonyl (C=O) groups is 8. The van der Waals surface area contributed by atoms with E-state index in [1.165, 1.54) is 4.90 Å². The number of likely N-dealkylation sites (tertiary alicyclic amines) is 1. The van der Waals surface area contributed by atoms with Crippen molar-refractivity contribution in [3.05, 3.63) is 0 Å². The zero-order valence-corrected chi connectivity index (χ0v) is 26.1. The minimum atomic E-state index is -1.61. The van der Waals surface area contributed by atoms with Crippen LogP contribution in [0.1, 0.15) is 66.2 Å². The number of carboxylic acid groups (broad SMARTS) is 3. The molecule has 16 nitrogen and oxygen atoms in total. The lowest BCUT2D eigenvalue weighted by molar-refractivity contribution is -0.145. The molecule has 0 aromatic carbocycles. The quantitative estimate of drug-likeness (QED) is 0.0837. The fourth-order valence-corrected chi connectivity index (χ4v) is 4.77. The van der Waals surface area contributed by atoms with Gasteiger partial charge in [-0.15, -0.1) is 0 Å². The fraction of sp³-hybridized carbons (Fsp3) is 0.704. The number of nitrogens with zero attached hydrogens (tertiary/aromatic N) is 1. The number of thiol groups is 1. The lowest BCUT2D eigenvalue weighted by Gasteiger charge is -2.33. The van der Waals surface area contributed by atoms with E-state index in [0.29, 0.717) is 12.8 Å². The summed E-state index contributed by atoms with van der Waals surface area (Å²) in [6.45, 7) is 6.92.